The zero-order valence-corrected chi connectivity index (χ0v) is 12.7. The summed E-state index contributed by atoms with van der Waals surface area (Å²) in [4.78, 5) is 18.7. The predicted molar refractivity (Wildman–Crippen MR) is 80.7 cm³/mol. The van der Waals surface area contributed by atoms with Crippen LogP contribution < -0.4 is 0 Å². The van der Waals surface area contributed by atoms with E-state index in [9.17, 15) is 4.79 Å². The summed E-state index contributed by atoms with van der Waals surface area (Å²) in [6, 6.07) is 7.35. The highest BCUT2D eigenvalue weighted by atomic mass is 16.5. The minimum Gasteiger partial charge on any atom is -0.350 e. The quantitative estimate of drug-likeness (QED) is 0.720. The van der Waals surface area contributed by atoms with Gasteiger partial charge < -0.3 is 13.9 Å². The molecule has 0 bridgehead atoms. The number of amides is 1. The second-order valence-electron chi connectivity index (χ2n) is 5.67. The Morgan fingerprint density at radius 1 is 1.26 bits per heavy atom. The van der Waals surface area contributed by atoms with Gasteiger partial charge in [0.15, 0.2) is 5.82 Å². The van der Waals surface area contributed by atoms with Gasteiger partial charge in [-0.2, -0.15) is 4.98 Å². The van der Waals surface area contributed by atoms with Gasteiger partial charge >= 0.3 is 0 Å². The number of rotatable bonds is 5. The topological polar surface area (TPSA) is 85.3 Å². The van der Waals surface area contributed by atoms with Crippen LogP contribution in [0, 0.1) is 0 Å². The average molecular weight is 312 g/mol. The third-order valence-electron chi connectivity index (χ3n) is 3.99. The Morgan fingerprint density at radius 3 is 2.87 bits per heavy atom. The Hall–Kier alpha value is -2.70. The van der Waals surface area contributed by atoms with Gasteiger partial charge in [-0.3, -0.25) is 4.79 Å². The second kappa shape index (κ2) is 5.49. The SMILES string of the molecule is CCN(Cc1noc(C2CC2)n1)C(=O)c1onc2ccccc12. The molecule has 1 amide bonds. The van der Waals surface area contributed by atoms with Gasteiger partial charge in [0.25, 0.3) is 5.91 Å². The summed E-state index contributed by atoms with van der Waals surface area (Å²) in [7, 11) is 0. The lowest BCUT2D eigenvalue weighted by molar-refractivity contribution is 0.0708. The molecule has 7 nitrogen and oxygen atoms in total. The van der Waals surface area contributed by atoms with Gasteiger partial charge in [0, 0.05) is 12.5 Å². The van der Waals surface area contributed by atoms with Crippen molar-refractivity contribution in [2.45, 2.75) is 32.2 Å². The van der Waals surface area contributed by atoms with Crippen LogP contribution in [-0.2, 0) is 6.54 Å². The summed E-state index contributed by atoms with van der Waals surface area (Å²) in [5, 5.41) is 8.60. The molecule has 1 saturated carbocycles. The van der Waals surface area contributed by atoms with Gasteiger partial charge in [-0.05, 0) is 31.9 Å². The van der Waals surface area contributed by atoms with Crippen molar-refractivity contribution in [2.75, 3.05) is 6.54 Å². The molecule has 0 unspecified atom stereocenters. The number of fused-ring (bicyclic) bond motifs is 1. The minimum atomic E-state index is -0.223. The maximum Gasteiger partial charge on any atom is 0.293 e. The van der Waals surface area contributed by atoms with Crippen molar-refractivity contribution in [1.82, 2.24) is 20.2 Å². The lowest BCUT2D eigenvalue weighted by atomic mass is 10.2. The molecule has 4 rings (SSSR count). The molecule has 1 aliphatic carbocycles. The second-order valence-corrected chi connectivity index (χ2v) is 5.67. The molecule has 0 spiro atoms. The molecule has 0 radical (unpaired) electrons. The molecule has 1 aliphatic rings. The number of benzene rings is 1. The summed E-state index contributed by atoms with van der Waals surface area (Å²) in [6.45, 7) is 2.71. The Bertz CT molecular complexity index is 850. The molecule has 23 heavy (non-hydrogen) atoms. The van der Waals surface area contributed by atoms with Crippen LogP contribution in [0.25, 0.3) is 10.9 Å². The van der Waals surface area contributed by atoms with Gasteiger partial charge in [-0.15, -0.1) is 0 Å². The molecule has 118 valence electrons. The summed E-state index contributed by atoms with van der Waals surface area (Å²) in [5.41, 5.74) is 0.669. The highest BCUT2D eigenvalue weighted by Crippen LogP contribution is 2.38. The van der Waals surface area contributed by atoms with E-state index in [1.807, 2.05) is 31.2 Å². The highest BCUT2D eigenvalue weighted by molar-refractivity contribution is 6.03. The summed E-state index contributed by atoms with van der Waals surface area (Å²) in [5.74, 6) is 1.62. The first kappa shape index (κ1) is 13.9. The van der Waals surface area contributed by atoms with Gasteiger partial charge in [-0.1, -0.05) is 22.4 Å². The Morgan fingerprint density at radius 2 is 2.09 bits per heavy atom. The number of carbonyl (C=O) groups excluding carboxylic acids is 1. The molecule has 0 saturated heterocycles. The third-order valence-corrected chi connectivity index (χ3v) is 3.99. The van der Waals surface area contributed by atoms with Gasteiger partial charge in [-0.25, -0.2) is 0 Å². The summed E-state index contributed by atoms with van der Waals surface area (Å²) < 4.78 is 10.5. The Kier molecular flexibility index (Phi) is 3.33. The fraction of sp³-hybridized carbons (Fsp3) is 0.375. The van der Waals surface area contributed by atoms with E-state index in [0.29, 0.717) is 41.6 Å². The van der Waals surface area contributed by atoms with Crippen LogP contribution in [-0.4, -0.2) is 32.6 Å². The van der Waals surface area contributed by atoms with Crippen molar-refractivity contribution >= 4 is 16.8 Å². The lowest BCUT2D eigenvalue weighted by Crippen LogP contribution is -2.30. The molecule has 2 heterocycles. The summed E-state index contributed by atoms with van der Waals surface area (Å²) >= 11 is 0. The van der Waals surface area contributed by atoms with Crippen molar-refractivity contribution in [3.05, 3.63) is 41.7 Å². The van der Waals surface area contributed by atoms with E-state index >= 15 is 0 Å². The number of aromatic nitrogens is 3. The van der Waals surface area contributed by atoms with E-state index in [4.69, 9.17) is 9.05 Å². The first-order chi connectivity index (χ1) is 11.3. The van der Waals surface area contributed by atoms with Crippen LogP contribution in [0.3, 0.4) is 0 Å². The zero-order valence-electron chi connectivity index (χ0n) is 12.7. The number of nitrogens with zero attached hydrogens (tertiary/aromatic N) is 4. The molecule has 3 aromatic rings. The summed E-state index contributed by atoms with van der Waals surface area (Å²) in [6.07, 6.45) is 2.20. The molecule has 0 atom stereocenters. The van der Waals surface area contributed by atoms with E-state index < -0.39 is 0 Å². The maximum absolute atomic E-state index is 12.7. The fourth-order valence-corrected chi connectivity index (χ4v) is 2.51. The standard InChI is InChI=1S/C16H16N4O3/c1-2-20(9-13-17-15(23-19-13)10-7-8-10)16(21)14-11-5-3-4-6-12(11)18-22-14/h3-6,10H,2,7-9H2,1H3. The predicted octanol–water partition coefficient (Wildman–Crippen LogP) is 2.75. The van der Waals surface area contributed by atoms with Crippen LogP contribution in [0.1, 0.15) is 48.0 Å². The molecule has 0 N–H and O–H groups in total. The average Bonchev–Trinajstić information content (AvgIpc) is 3.17. The normalized spacial score (nSPS) is 14.3. The van der Waals surface area contributed by atoms with Crippen LogP contribution in [0.2, 0.25) is 0 Å². The highest BCUT2D eigenvalue weighted by Gasteiger charge is 2.30. The maximum atomic E-state index is 12.7. The van der Waals surface area contributed by atoms with Gasteiger partial charge in [0.1, 0.15) is 5.52 Å². The van der Waals surface area contributed by atoms with Crippen LogP contribution in [0.15, 0.2) is 33.3 Å². The molecular formula is C16H16N4O3. The first-order valence-corrected chi connectivity index (χ1v) is 7.72. The largest absolute Gasteiger partial charge is 0.350 e. The van der Waals surface area contributed by atoms with Crippen LogP contribution in [0.5, 0.6) is 0 Å². The van der Waals surface area contributed by atoms with Crippen molar-refractivity contribution in [2.24, 2.45) is 0 Å². The first-order valence-electron chi connectivity index (χ1n) is 7.72. The van der Waals surface area contributed by atoms with Crippen LogP contribution in [0.4, 0.5) is 0 Å². The van der Waals surface area contributed by atoms with Crippen molar-refractivity contribution in [1.29, 1.82) is 0 Å². The van der Waals surface area contributed by atoms with Gasteiger partial charge in [0.05, 0.1) is 11.9 Å². The zero-order chi connectivity index (χ0) is 15.8. The van der Waals surface area contributed by atoms with E-state index in [2.05, 4.69) is 15.3 Å². The molecule has 7 heteroatoms. The monoisotopic (exact) mass is 312 g/mol. The molecule has 0 aliphatic heterocycles. The smallest absolute Gasteiger partial charge is 0.293 e. The third kappa shape index (κ3) is 2.58. The van der Waals surface area contributed by atoms with Gasteiger partial charge in [0.2, 0.25) is 11.7 Å². The Balaban J connectivity index is 1.56. The Labute approximate surface area is 132 Å². The lowest BCUT2D eigenvalue weighted by Gasteiger charge is -2.17. The molecule has 1 aromatic carbocycles. The van der Waals surface area contributed by atoms with Crippen molar-refractivity contribution in [3.63, 3.8) is 0 Å². The molecule has 2 aromatic heterocycles. The fourth-order valence-electron chi connectivity index (χ4n) is 2.51. The minimum absolute atomic E-state index is 0.223. The number of carbonyl (C=O) groups is 1. The molecule has 1 fully saturated rings. The number of hydrogen-bond donors (Lipinski definition) is 0. The van der Waals surface area contributed by atoms with Crippen LogP contribution >= 0.6 is 0 Å². The van der Waals surface area contributed by atoms with E-state index in [0.717, 1.165) is 12.8 Å². The van der Waals surface area contributed by atoms with E-state index in [1.54, 1.807) is 4.90 Å². The van der Waals surface area contributed by atoms with E-state index in [-0.39, 0.29) is 11.7 Å². The van der Waals surface area contributed by atoms with Crippen molar-refractivity contribution < 1.29 is 13.8 Å². The van der Waals surface area contributed by atoms with E-state index in [1.165, 1.54) is 0 Å². The van der Waals surface area contributed by atoms with Crippen molar-refractivity contribution in [3.8, 4) is 0 Å². The molecular weight excluding hydrogens is 296 g/mol. The number of hydrogen-bond acceptors (Lipinski definition) is 6.